The van der Waals surface area contributed by atoms with Crippen LogP contribution in [0.15, 0.2) is 18.2 Å². The van der Waals surface area contributed by atoms with Crippen LogP contribution < -0.4 is 10.2 Å². The van der Waals surface area contributed by atoms with Gasteiger partial charge in [0.05, 0.1) is 12.2 Å². The van der Waals surface area contributed by atoms with E-state index in [1.54, 1.807) is 25.2 Å². The number of anilines is 2. The molecule has 0 aromatic heterocycles. The van der Waals surface area contributed by atoms with Gasteiger partial charge in [0.2, 0.25) is 5.91 Å². The lowest BCUT2D eigenvalue weighted by molar-refractivity contribution is -0.116. The van der Waals surface area contributed by atoms with Crippen molar-refractivity contribution in [3.8, 4) is 5.75 Å². The second kappa shape index (κ2) is 2.65. The highest BCUT2D eigenvalue weighted by molar-refractivity contribution is 6.03. The molecular formula is C9H10N2O2. The fourth-order valence-corrected chi connectivity index (χ4v) is 1.41. The van der Waals surface area contributed by atoms with Crippen molar-refractivity contribution < 1.29 is 9.90 Å². The van der Waals surface area contributed by atoms with Gasteiger partial charge in [-0.2, -0.15) is 0 Å². The average Bonchev–Trinajstić information content (AvgIpc) is 2.12. The summed E-state index contributed by atoms with van der Waals surface area (Å²) in [4.78, 5) is 12.8. The van der Waals surface area contributed by atoms with Crippen molar-refractivity contribution in [3.05, 3.63) is 18.2 Å². The summed E-state index contributed by atoms with van der Waals surface area (Å²) in [5, 5.41) is 12.3. The van der Waals surface area contributed by atoms with E-state index in [4.69, 9.17) is 0 Å². The molecule has 4 nitrogen and oxygen atoms in total. The van der Waals surface area contributed by atoms with Gasteiger partial charge in [0.15, 0.2) is 0 Å². The second-order valence-corrected chi connectivity index (χ2v) is 2.98. The summed E-state index contributed by atoms with van der Waals surface area (Å²) in [7, 11) is 1.70. The number of nitrogens with one attached hydrogen (secondary N) is 1. The van der Waals surface area contributed by atoms with Crippen molar-refractivity contribution in [2.24, 2.45) is 0 Å². The average molecular weight is 178 g/mol. The van der Waals surface area contributed by atoms with E-state index < -0.39 is 0 Å². The molecule has 0 saturated heterocycles. The normalized spacial score (nSPS) is 15.2. The van der Waals surface area contributed by atoms with E-state index in [0.29, 0.717) is 5.69 Å². The van der Waals surface area contributed by atoms with Gasteiger partial charge in [0.25, 0.3) is 0 Å². The van der Waals surface area contributed by atoms with Gasteiger partial charge in [-0.25, -0.2) is 0 Å². The van der Waals surface area contributed by atoms with Gasteiger partial charge >= 0.3 is 0 Å². The van der Waals surface area contributed by atoms with Gasteiger partial charge in [0, 0.05) is 7.05 Å². The van der Waals surface area contributed by atoms with Crippen LogP contribution in [-0.4, -0.2) is 24.6 Å². The maximum absolute atomic E-state index is 11.2. The maximum Gasteiger partial charge on any atom is 0.246 e. The Balaban J connectivity index is 2.55. The number of phenolic OH excluding ortho intramolecular Hbond substituents is 1. The van der Waals surface area contributed by atoms with Gasteiger partial charge in [-0.1, -0.05) is 6.07 Å². The monoisotopic (exact) mass is 178 g/mol. The summed E-state index contributed by atoms with van der Waals surface area (Å²) < 4.78 is 0. The molecule has 1 amide bonds. The number of amides is 1. The van der Waals surface area contributed by atoms with Gasteiger partial charge in [-0.3, -0.25) is 4.79 Å². The van der Waals surface area contributed by atoms with Gasteiger partial charge in [0.1, 0.15) is 11.4 Å². The fraction of sp³-hybridized carbons (Fsp3) is 0.222. The first kappa shape index (κ1) is 7.91. The third kappa shape index (κ3) is 1.11. The molecule has 0 radical (unpaired) electrons. The number of hydrogen-bond donors (Lipinski definition) is 2. The Bertz CT molecular complexity index is 363. The number of nitrogens with zero attached hydrogens (tertiary/aromatic N) is 1. The summed E-state index contributed by atoms with van der Waals surface area (Å²) in [6.07, 6.45) is 0. The number of para-hydroxylation sites is 1. The molecule has 1 aromatic carbocycles. The molecule has 0 aliphatic carbocycles. The topological polar surface area (TPSA) is 52.6 Å². The van der Waals surface area contributed by atoms with Crippen LogP contribution in [0.2, 0.25) is 0 Å². The fourth-order valence-electron chi connectivity index (χ4n) is 1.41. The molecule has 13 heavy (non-hydrogen) atoms. The molecule has 2 rings (SSSR count). The Morgan fingerprint density at radius 1 is 1.54 bits per heavy atom. The zero-order valence-corrected chi connectivity index (χ0v) is 7.24. The summed E-state index contributed by atoms with van der Waals surface area (Å²) in [5.74, 6) is 0.176. The summed E-state index contributed by atoms with van der Waals surface area (Å²) in [6, 6.07) is 5.10. The van der Waals surface area contributed by atoms with Crippen LogP contribution in [0, 0.1) is 0 Å². The molecule has 0 saturated carbocycles. The number of fused-ring (bicyclic) bond motifs is 1. The smallest absolute Gasteiger partial charge is 0.246 e. The summed E-state index contributed by atoms with van der Waals surface area (Å²) in [5.41, 5.74) is 1.35. The standard InChI is InChI=1S/C9H10N2O2/c1-11-6-3-2-4-7(12)9(6)10-5-8(11)13/h2-4,10,12H,5H2,1H3. The molecule has 1 aliphatic heterocycles. The molecule has 1 heterocycles. The summed E-state index contributed by atoms with van der Waals surface area (Å²) in [6.45, 7) is 0.237. The number of carbonyl (C=O) groups excluding carboxylic acids is 1. The number of hydrogen-bond acceptors (Lipinski definition) is 3. The van der Waals surface area contributed by atoms with Crippen molar-refractivity contribution in [1.29, 1.82) is 0 Å². The van der Waals surface area contributed by atoms with E-state index in [9.17, 15) is 9.90 Å². The Morgan fingerprint density at radius 3 is 3.08 bits per heavy atom. The van der Waals surface area contributed by atoms with Crippen molar-refractivity contribution in [2.75, 3.05) is 23.8 Å². The molecule has 1 aromatic rings. The highest BCUT2D eigenvalue weighted by Gasteiger charge is 2.21. The molecule has 2 N–H and O–H groups in total. The van der Waals surface area contributed by atoms with Gasteiger partial charge < -0.3 is 15.3 Å². The zero-order chi connectivity index (χ0) is 9.42. The lowest BCUT2D eigenvalue weighted by Crippen LogP contribution is -2.36. The largest absolute Gasteiger partial charge is 0.506 e. The molecule has 1 aliphatic rings. The highest BCUT2D eigenvalue weighted by atomic mass is 16.3. The Kier molecular flexibility index (Phi) is 1.62. The molecule has 4 heteroatoms. The van der Waals surface area contributed by atoms with E-state index in [0.717, 1.165) is 5.69 Å². The number of benzene rings is 1. The first-order valence-electron chi connectivity index (χ1n) is 4.02. The molecule has 68 valence electrons. The lowest BCUT2D eigenvalue weighted by atomic mass is 10.2. The summed E-state index contributed by atoms with van der Waals surface area (Å²) >= 11 is 0. The second-order valence-electron chi connectivity index (χ2n) is 2.98. The molecule has 0 unspecified atom stereocenters. The first-order chi connectivity index (χ1) is 6.20. The molecule has 0 bridgehead atoms. The van der Waals surface area contributed by atoms with Crippen molar-refractivity contribution in [1.82, 2.24) is 0 Å². The van der Waals surface area contributed by atoms with Gasteiger partial charge in [-0.05, 0) is 12.1 Å². The molecule has 0 atom stereocenters. The maximum atomic E-state index is 11.2. The Morgan fingerprint density at radius 2 is 2.31 bits per heavy atom. The highest BCUT2D eigenvalue weighted by Crippen LogP contribution is 2.35. The van der Waals surface area contributed by atoms with Crippen molar-refractivity contribution in [3.63, 3.8) is 0 Å². The quantitative estimate of drug-likeness (QED) is 0.577. The first-order valence-corrected chi connectivity index (χ1v) is 4.02. The van der Waals surface area contributed by atoms with Crippen LogP contribution in [0.4, 0.5) is 11.4 Å². The van der Waals surface area contributed by atoms with Crippen LogP contribution in [0.25, 0.3) is 0 Å². The molecule has 0 fully saturated rings. The number of phenols is 1. The predicted molar refractivity (Wildman–Crippen MR) is 50.0 cm³/mol. The lowest BCUT2D eigenvalue weighted by Gasteiger charge is -2.26. The van der Waals surface area contributed by atoms with Crippen LogP contribution >= 0.6 is 0 Å². The minimum atomic E-state index is -0.00176. The number of carbonyl (C=O) groups is 1. The zero-order valence-electron chi connectivity index (χ0n) is 7.24. The van der Waals surface area contributed by atoms with Crippen LogP contribution in [0.5, 0.6) is 5.75 Å². The van der Waals surface area contributed by atoms with E-state index >= 15 is 0 Å². The number of likely N-dealkylation sites (N-methyl/N-ethyl adjacent to an activating group) is 1. The minimum absolute atomic E-state index is 0.00176. The van der Waals surface area contributed by atoms with Gasteiger partial charge in [-0.15, -0.1) is 0 Å². The molecule has 0 spiro atoms. The van der Waals surface area contributed by atoms with Crippen LogP contribution in [0.3, 0.4) is 0 Å². The SMILES string of the molecule is CN1C(=O)CNc2c(O)cccc21. The van der Waals surface area contributed by atoms with Crippen molar-refractivity contribution in [2.45, 2.75) is 0 Å². The number of rotatable bonds is 0. The van der Waals surface area contributed by atoms with E-state index in [1.165, 1.54) is 4.90 Å². The third-order valence-corrected chi connectivity index (χ3v) is 2.17. The molecular weight excluding hydrogens is 168 g/mol. The van der Waals surface area contributed by atoms with Crippen LogP contribution in [0.1, 0.15) is 0 Å². The van der Waals surface area contributed by atoms with Crippen molar-refractivity contribution >= 4 is 17.3 Å². The predicted octanol–water partition coefficient (Wildman–Crippen LogP) is 0.780. The van der Waals surface area contributed by atoms with E-state index in [-0.39, 0.29) is 18.2 Å². The third-order valence-electron chi connectivity index (χ3n) is 2.17. The number of aromatic hydroxyl groups is 1. The minimum Gasteiger partial charge on any atom is -0.506 e. The van der Waals surface area contributed by atoms with Crippen LogP contribution in [-0.2, 0) is 4.79 Å². The Hall–Kier alpha value is -1.71. The van der Waals surface area contributed by atoms with E-state index in [1.807, 2.05) is 0 Å². The van der Waals surface area contributed by atoms with E-state index in [2.05, 4.69) is 5.32 Å². The Labute approximate surface area is 75.8 Å².